The van der Waals surface area contributed by atoms with Gasteiger partial charge in [-0.1, -0.05) is 64.7 Å². The Morgan fingerprint density at radius 1 is 0.875 bits per heavy atom. The molecule has 0 aromatic rings. The van der Waals surface area contributed by atoms with Crippen molar-refractivity contribution in [2.75, 3.05) is 34.3 Å². The van der Waals surface area contributed by atoms with Crippen molar-refractivity contribution in [2.24, 2.45) is 0 Å². The summed E-state index contributed by atoms with van der Waals surface area (Å²) in [6.07, 6.45) is 11.0. The van der Waals surface area contributed by atoms with Gasteiger partial charge in [-0.2, -0.15) is 0 Å². The lowest BCUT2D eigenvalue weighted by Crippen LogP contribution is -2.40. The first-order valence-electron chi connectivity index (χ1n) is 9.05. The van der Waals surface area contributed by atoms with E-state index in [4.69, 9.17) is 19.7 Å². The third-order valence-corrected chi connectivity index (χ3v) is 3.36. The van der Waals surface area contributed by atoms with Crippen LogP contribution in [0, 0.1) is 0 Å². The highest BCUT2D eigenvalue weighted by molar-refractivity contribution is 5.70. The van der Waals surface area contributed by atoms with E-state index in [9.17, 15) is 4.79 Å². The van der Waals surface area contributed by atoms with Crippen LogP contribution in [-0.2, 0) is 9.53 Å². The number of hydrogen-bond acceptors (Lipinski definition) is 4. The number of hydrogen-bond donors (Lipinski definition) is 1. The minimum absolute atomic E-state index is 0.0755. The standard InChI is InChI=1S/C17H36NO2.CH2O3/c1-5-6-7-8-9-10-11-12-13-14-15-20-17(19)16-18(2,3)4;2-1(3)4/h5-16H2,1-4H3;(H2,2,3,4)/q+1;/p-1. The molecule has 144 valence electrons. The lowest BCUT2D eigenvalue weighted by molar-refractivity contribution is -0.862. The van der Waals surface area contributed by atoms with Crippen LogP contribution in [-0.4, -0.2) is 56.0 Å². The summed E-state index contributed by atoms with van der Waals surface area (Å²) in [7, 11) is 6.01. The smallest absolute Gasteiger partial charge is 0.361 e. The normalized spacial score (nSPS) is 10.7. The van der Waals surface area contributed by atoms with Gasteiger partial charge in [-0.15, -0.1) is 0 Å². The molecule has 0 aliphatic heterocycles. The minimum atomic E-state index is -2.08. The van der Waals surface area contributed by atoms with Gasteiger partial charge in [0.05, 0.1) is 27.7 Å². The van der Waals surface area contributed by atoms with E-state index in [2.05, 4.69) is 6.92 Å². The van der Waals surface area contributed by atoms with Crippen molar-refractivity contribution in [1.29, 1.82) is 0 Å². The largest absolute Gasteiger partial charge is 0.565 e. The second-order valence-electron chi connectivity index (χ2n) is 7.12. The number of quaternary nitrogens is 1. The van der Waals surface area contributed by atoms with Crippen LogP contribution in [0.3, 0.4) is 0 Å². The third kappa shape index (κ3) is 28.8. The number of nitrogens with zero attached hydrogens (tertiary/aromatic N) is 1. The highest BCUT2D eigenvalue weighted by Gasteiger charge is 2.14. The van der Waals surface area contributed by atoms with Crippen molar-refractivity contribution in [2.45, 2.75) is 71.1 Å². The van der Waals surface area contributed by atoms with Crippen molar-refractivity contribution in [1.82, 2.24) is 0 Å². The second-order valence-corrected chi connectivity index (χ2v) is 7.12. The summed E-state index contributed by atoms with van der Waals surface area (Å²) in [4.78, 5) is 19.9. The lowest BCUT2D eigenvalue weighted by Gasteiger charge is -2.22. The third-order valence-electron chi connectivity index (χ3n) is 3.36. The molecule has 6 heteroatoms. The van der Waals surface area contributed by atoms with Crippen LogP contribution in [0.4, 0.5) is 4.79 Å². The molecule has 0 rings (SSSR count). The molecule has 0 aromatic heterocycles. The molecular weight excluding hydrogens is 310 g/mol. The van der Waals surface area contributed by atoms with Crippen molar-refractivity contribution < 1.29 is 29.0 Å². The summed E-state index contributed by atoms with van der Waals surface area (Å²) in [5, 5.41) is 15.3. The molecule has 0 aliphatic rings. The van der Waals surface area contributed by atoms with Gasteiger partial charge < -0.3 is 24.2 Å². The quantitative estimate of drug-likeness (QED) is 0.314. The number of esters is 1. The Labute approximate surface area is 147 Å². The van der Waals surface area contributed by atoms with Gasteiger partial charge in [-0.05, 0) is 6.42 Å². The molecule has 0 saturated heterocycles. The molecule has 0 spiro atoms. The monoisotopic (exact) mass is 347 g/mol. The van der Waals surface area contributed by atoms with Crippen molar-refractivity contribution in [3.8, 4) is 0 Å². The van der Waals surface area contributed by atoms with Crippen LogP contribution in [0.2, 0.25) is 0 Å². The summed E-state index contributed by atoms with van der Waals surface area (Å²) in [5.74, 6) is -0.0755. The second kappa shape index (κ2) is 16.6. The van der Waals surface area contributed by atoms with Gasteiger partial charge in [0.25, 0.3) is 0 Å². The summed E-state index contributed by atoms with van der Waals surface area (Å²) in [6.45, 7) is 3.31. The predicted octanol–water partition coefficient (Wildman–Crippen LogP) is 3.04. The van der Waals surface area contributed by atoms with Crippen molar-refractivity contribution in [3.05, 3.63) is 0 Å². The Morgan fingerprint density at radius 3 is 1.62 bits per heavy atom. The number of likely N-dealkylation sites (N-methyl/N-ethyl adjacent to an activating group) is 1. The lowest BCUT2D eigenvalue weighted by atomic mass is 10.1. The van der Waals surface area contributed by atoms with Crippen LogP contribution in [0.15, 0.2) is 0 Å². The number of ether oxygens (including phenoxy) is 1. The first-order valence-corrected chi connectivity index (χ1v) is 9.05. The Hall–Kier alpha value is -1.30. The zero-order chi connectivity index (χ0) is 18.8. The van der Waals surface area contributed by atoms with E-state index in [0.717, 1.165) is 6.42 Å². The average Bonchev–Trinajstić information content (AvgIpc) is 2.42. The predicted molar refractivity (Wildman–Crippen MR) is 93.7 cm³/mol. The number of carbonyl (C=O) groups excluding carboxylic acids is 1. The fraction of sp³-hybridized carbons (Fsp3) is 0.889. The van der Waals surface area contributed by atoms with E-state index in [1.165, 1.54) is 57.8 Å². The average molecular weight is 347 g/mol. The molecule has 0 fully saturated rings. The highest BCUT2D eigenvalue weighted by atomic mass is 16.6. The van der Waals surface area contributed by atoms with E-state index >= 15 is 0 Å². The van der Waals surface area contributed by atoms with Crippen LogP contribution < -0.4 is 5.11 Å². The van der Waals surface area contributed by atoms with E-state index in [1.807, 2.05) is 21.1 Å². The van der Waals surface area contributed by atoms with Gasteiger partial charge in [0.1, 0.15) is 0 Å². The van der Waals surface area contributed by atoms with Gasteiger partial charge in [-0.3, -0.25) is 0 Å². The van der Waals surface area contributed by atoms with Crippen molar-refractivity contribution >= 4 is 12.1 Å². The molecule has 0 amide bonds. The number of unbranched alkanes of at least 4 members (excludes halogenated alkanes) is 9. The van der Waals surface area contributed by atoms with Crippen LogP contribution in [0.25, 0.3) is 0 Å². The summed E-state index contributed by atoms with van der Waals surface area (Å²) >= 11 is 0. The molecule has 0 atom stereocenters. The zero-order valence-corrected chi connectivity index (χ0v) is 16.0. The van der Waals surface area contributed by atoms with E-state index in [1.54, 1.807) is 0 Å². The number of carbonyl (C=O) groups is 2. The molecule has 0 radical (unpaired) electrons. The molecule has 1 N–H and O–H groups in total. The zero-order valence-electron chi connectivity index (χ0n) is 16.0. The molecule has 0 saturated carbocycles. The minimum Gasteiger partial charge on any atom is -0.565 e. The highest BCUT2D eigenvalue weighted by Crippen LogP contribution is 2.10. The van der Waals surface area contributed by atoms with Gasteiger partial charge in [0.2, 0.25) is 6.16 Å². The van der Waals surface area contributed by atoms with Gasteiger partial charge >= 0.3 is 5.97 Å². The molecule has 0 aromatic carbocycles. The van der Waals surface area contributed by atoms with E-state index in [0.29, 0.717) is 17.6 Å². The maximum Gasteiger partial charge on any atom is 0.361 e. The number of rotatable bonds is 13. The van der Waals surface area contributed by atoms with Gasteiger partial charge in [0.15, 0.2) is 6.54 Å². The first kappa shape index (κ1) is 24.9. The fourth-order valence-electron chi connectivity index (χ4n) is 2.21. The van der Waals surface area contributed by atoms with Crippen LogP contribution >= 0.6 is 0 Å². The maximum absolute atomic E-state index is 11.5. The molecule has 0 bridgehead atoms. The molecule has 0 unspecified atom stereocenters. The summed E-state index contributed by atoms with van der Waals surface area (Å²) < 4.78 is 5.87. The Balaban J connectivity index is 0. The molecule has 0 aliphatic carbocycles. The van der Waals surface area contributed by atoms with Gasteiger partial charge in [0, 0.05) is 0 Å². The fourth-order valence-corrected chi connectivity index (χ4v) is 2.21. The van der Waals surface area contributed by atoms with E-state index < -0.39 is 6.16 Å². The Bertz CT molecular complexity index is 309. The summed E-state index contributed by atoms with van der Waals surface area (Å²) in [5.41, 5.74) is 0. The SMILES string of the molecule is CCCCCCCCCCCCOC(=O)C[N+](C)(C)C.O=C([O-])O. The van der Waals surface area contributed by atoms with E-state index in [-0.39, 0.29) is 5.97 Å². The summed E-state index contributed by atoms with van der Waals surface area (Å²) in [6, 6.07) is 0. The maximum atomic E-state index is 11.5. The van der Waals surface area contributed by atoms with Crippen LogP contribution in [0.5, 0.6) is 0 Å². The Kier molecular flexibility index (Phi) is 17.2. The van der Waals surface area contributed by atoms with Crippen molar-refractivity contribution in [3.63, 3.8) is 0 Å². The molecule has 6 nitrogen and oxygen atoms in total. The number of carboxylic acid groups (broad SMARTS) is 2. The first-order chi connectivity index (χ1) is 11.2. The molecular formula is C18H37NO5. The van der Waals surface area contributed by atoms with Crippen LogP contribution in [0.1, 0.15) is 71.1 Å². The topological polar surface area (TPSA) is 86.7 Å². The Morgan fingerprint density at radius 2 is 1.25 bits per heavy atom. The molecule has 0 heterocycles. The van der Waals surface area contributed by atoms with Gasteiger partial charge in [-0.25, -0.2) is 4.79 Å². The molecule has 24 heavy (non-hydrogen) atoms.